The Morgan fingerprint density at radius 1 is 0.189 bits per heavy atom. The number of hydrogen-bond acceptors (Lipinski definition) is 12. The number of para-hydroxylation sites is 11. The molecule has 0 saturated carbocycles. The van der Waals surface area contributed by atoms with E-state index in [-0.39, 0.29) is 5.41 Å². The summed E-state index contributed by atoms with van der Waals surface area (Å²) in [5, 5.41) is 10.2. The predicted octanol–water partition coefficient (Wildman–Crippen LogP) is 40.4. The lowest BCUT2D eigenvalue weighted by Crippen LogP contribution is -2.17. The van der Waals surface area contributed by atoms with Gasteiger partial charge in [-0.05, 0) is 258 Å². The molecule has 22 aromatic carbocycles. The highest BCUT2D eigenvalue weighted by molar-refractivity contribution is 7.26. The van der Waals surface area contributed by atoms with Gasteiger partial charge in [0.05, 0.1) is 45.2 Å². The highest BCUT2D eigenvalue weighted by atomic mass is 32.1. The van der Waals surface area contributed by atoms with E-state index in [1.807, 2.05) is 58.3 Å². The maximum atomic E-state index is 6.74. The van der Waals surface area contributed by atoms with Crippen molar-refractivity contribution >= 4 is 219 Å². The quantitative estimate of drug-likeness (QED) is 0.106. The highest BCUT2D eigenvalue weighted by Gasteiger charge is 2.38. The van der Waals surface area contributed by atoms with E-state index in [0.29, 0.717) is 0 Å². The summed E-state index contributed by atoms with van der Waals surface area (Å²) < 4.78 is 30.2. The second kappa shape index (κ2) is 36.1. The van der Waals surface area contributed by atoms with Crippen LogP contribution >= 0.6 is 34.0 Å². The van der Waals surface area contributed by atoms with E-state index in [1.165, 1.54) is 116 Å². The van der Waals surface area contributed by atoms with Crippen LogP contribution < -0.4 is 43.6 Å². The summed E-state index contributed by atoms with van der Waals surface area (Å²) in [6.45, 7) is 4.66. The van der Waals surface area contributed by atoms with Crippen LogP contribution in [0.5, 0.6) is 34.5 Å². The fourth-order valence-electron chi connectivity index (χ4n) is 22.4. The van der Waals surface area contributed by atoms with Crippen LogP contribution in [-0.4, -0.2) is 4.57 Å². The molecule has 148 heavy (non-hydrogen) atoms. The number of anilines is 18. The molecule has 13 heteroatoms. The molecule has 3 aliphatic heterocycles. The summed E-state index contributed by atoms with van der Waals surface area (Å²) in [7, 11) is 0. The van der Waals surface area contributed by atoms with E-state index >= 15 is 0 Å². The fourth-order valence-corrected chi connectivity index (χ4v) is 25.8. The molecule has 10 nitrogen and oxygen atoms in total. The van der Waals surface area contributed by atoms with Gasteiger partial charge < -0.3 is 48.2 Å². The Morgan fingerprint density at radius 2 is 0.514 bits per heavy atom. The van der Waals surface area contributed by atoms with Gasteiger partial charge >= 0.3 is 0 Å². The molecule has 7 heterocycles. The van der Waals surface area contributed by atoms with Crippen LogP contribution in [0.1, 0.15) is 25.0 Å². The van der Waals surface area contributed by atoms with Crippen molar-refractivity contribution in [3.05, 3.63) is 527 Å². The third kappa shape index (κ3) is 15.1. The van der Waals surface area contributed by atoms with Crippen molar-refractivity contribution in [2.45, 2.75) is 19.3 Å². The molecule has 0 saturated heterocycles. The van der Waals surface area contributed by atoms with Gasteiger partial charge in [-0.25, -0.2) is 0 Å². The molecule has 4 aliphatic rings. The molecule has 0 unspecified atom stereocenters. The lowest BCUT2D eigenvalue weighted by Gasteiger charge is -2.34. The second-order valence-corrected chi connectivity index (χ2v) is 41.5. The summed E-state index contributed by atoms with van der Waals surface area (Å²) in [5.74, 6) is 4.94. The molecule has 0 fully saturated rings. The van der Waals surface area contributed by atoms with Gasteiger partial charge in [-0.1, -0.05) is 287 Å². The van der Waals surface area contributed by atoms with E-state index in [4.69, 9.17) is 14.2 Å². The van der Waals surface area contributed by atoms with Gasteiger partial charge in [-0.3, -0.25) is 0 Å². The van der Waals surface area contributed by atoms with Crippen LogP contribution in [-0.2, 0) is 5.41 Å². The molecule has 0 radical (unpaired) electrons. The Balaban J connectivity index is 0.000000107. The zero-order valence-corrected chi connectivity index (χ0v) is 83.1. The van der Waals surface area contributed by atoms with Gasteiger partial charge in [0.1, 0.15) is 0 Å². The fraction of sp³-hybridized carbons (Fsp3) is 0.0222. The van der Waals surface area contributed by atoms with Crippen LogP contribution in [0, 0.1) is 0 Å². The maximum Gasteiger partial charge on any atom is 0.153 e. The van der Waals surface area contributed by atoms with Crippen LogP contribution in [0.25, 0.3) is 110 Å². The Hall–Kier alpha value is -18.5. The molecule has 0 atom stereocenters. The number of thiophene rings is 3. The van der Waals surface area contributed by atoms with Crippen molar-refractivity contribution < 1.29 is 14.2 Å². The number of nitrogens with zero attached hydrogens (tertiary/aromatic N) is 7. The van der Waals surface area contributed by atoms with E-state index in [1.54, 1.807) is 0 Å². The van der Waals surface area contributed by atoms with Gasteiger partial charge in [0.2, 0.25) is 0 Å². The smallest absolute Gasteiger partial charge is 0.153 e. The summed E-state index contributed by atoms with van der Waals surface area (Å²) in [4.78, 5) is 14.0. The summed E-state index contributed by atoms with van der Waals surface area (Å²) >= 11 is 5.52. The zero-order chi connectivity index (χ0) is 98.0. The first-order valence-electron chi connectivity index (χ1n) is 50.0. The first-order valence-corrected chi connectivity index (χ1v) is 52.5. The van der Waals surface area contributed by atoms with Crippen molar-refractivity contribution in [2.24, 2.45) is 0 Å². The van der Waals surface area contributed by atoms with Crippen molar-refractivity contribution in [3.8, 4) is 62.4 Å². The molecular weight excluding hydrogens is 1860 g/mol. The van der Waals surface area contributed by atoms with Crippen molar-refractivity contribution in [2.75, 3.05) is 29.4 Å². The largest absolute Gasteiger partial charge is 0.453 e. The van der Waals surface area contributed by atoms with Gasteiger partial charge in [0.15, 0.2) is 34.5 Å². The van der Waals surface area contributed by atoms with E-state index in [9.17, 15) is 0 Å². The van der Waals surface area contributed by atoms with Gasteiger partial charge in [0, 0.05) is 169 Å². The Morgan fingerprint density at radius 3 is 0.980 bits per heavy atom. The standard InChI is InChI=1S/C48H31N3OS.C45H32N2OS.C42H28N2OS/c1-3-13-32(14-4-1)49(34-24-27-42-40(29-34)37-17-7-9-19-41(37)50(42)33-15-5-2-6-16-33)35-25-28-44-46(30-35)52-45-21-11-10-20-43(45)51(44)36-23-26-39-38-18-8-12-22-47(38)53-48(39)31-36;1-45(2)37-16-8-6-14-33(37)36-26-30(21-24-38(36)45)46(29-12-4-3-5-13-29)31-22-25-40-42(27-31)48-41-18-10-9-17-39(41)47(40)32-20-23-35-34-15-7-11-19-43(34)49-44(35)28-32;1-3-12-29(13-4-1)30-14-11-17-32(26-30)43(31-15-5-2-6-16-31)33-23-25-38-40(27-33)45-39-20-9-8-19-37(39)44(38)34-22-24-36-35-18-7-10-21-41(35)46-42(36)28-34/h1-31H;3-28H,1-2H3;1-28H. The average Bonchev–Trinajstić information content (AvgIpc) is 1.55. The van der Waals surface area contributed by atoms with Crippen LogP contribution in [0.15, 0.2) is 516 Å². The molecule has 0 N–H and O–H groups in total. The Kier molecular flexibility index (Phi) is 21.3. The summed E-state index contributed by atoms with van der Waals surface area (Å²) in [6.07, 6.45) is 0. The monoisotopic (exact) mass is 1950 g/mol. The average molecular weight is 1960 g/mol. The molecule has 30 rings (SSSR count). The van der Waals surface area contributed by atoms with E-state index < -0.39 is 0 Å². The summed E-state index contributed by atoms with van der Waals surface area (Å²) in [6, 6.07) is 184. The van der Waals surface area contributed by atoms with Crippen molar-refractivity contribution in [1.82, 2.24) is 4.57 Å². The number of ether oxygens (including phenoxy) is 3. The minimum atomic E-state index is -0.0443. The lowest BCUT2D eigenvalue weighted by atomic mass is 9.82. The third-order valence-electron chi connectivity index (χ3n) is 29.2. The Bertz CT molecular complexity index is 9700. The first-order chi connectivity index (χ1) is 73.1. The van der Waals surface area contributed by atoms with Gasteiger partial charge in [0.25, 0.3) is 0 Å². The number of rotatable bonds is 14. The molecular formula is C135H91N7O3S3. The number of benzene rings is 22. The number of aromatic nitrogens is 1. The minimum Gasteiger partial charge on any atom is -0.453 e. The summed E-state index contributed by atoms with van der Waals surface area (Å²) in [5.41, 5.74) is 30.2. The lowest BCUT2D eigenvalue weighted by molar-refractivity contribution is 0.477. The Labute approximate surface area is 868 Å². The first kappa shape index (κ1) is 87.3. The van der Waals surface area contributed by atoms with Crippen LogP contribution in [0.2, 0.25) is 0 Å². The SMILES string of the molecule is CC1(C)c2ccccc2-c2cc(N(c3ccccc3)c3ccc4c(c3)Oc3ccccc3N4c3ccc4c(c3)sc3ccccc34)ccc21.c1ccc(-c2cccc(N(c3ccccc3)c3ccc4c(c3)Oc3ccccc3N4c3ccc4c(c3)sc3ccccc34)c2)cc1.c1ccc(N(c2ccc3c(c2)Oc2ccccc2N3c2ccc3c(c2)sc2ccccc23)c2ccc3c(c2)c2ccccc2n3-c2ccccc2)cc1. The topological polar surface area (TPSA) is 52.1 Å². The molecule has 0 amide bonds. The maximum absolute atomic E-state index is 6.74. The van der Waals surface area contributed by atoms with Crippen molar-refractivity contribution in [3.63, 3.8) is 0 Å². The van der Waals surface area contributed by atoms with Crippen molar-refractivity contribution in [1.29, 1.82) is 0 Å². The van der Waals surface area contributed by atoms with Gasteiger partial charge in [-0.15, -0.1) is 34.0 Å². The predicted molar refractivity (Wildman–Crippen MR) is 624 cm³/mol. The third-order valence-corrected chi connectivity index (χ3v) is 32.6. The number of fused-ring (bicyclic) bond motifs is 21. The van der Waals surface area contributed by atoms with Crippen LogP contribution in [0.4, 0.5) is 102 Å². The normalized spacial score (nSPS) is 12.7. The zero-order valence-electron chi connectivity index (χ0n) is 80.7. The molecule has 702 valence electrons. The highest BCUT2D eigenvalue weighted by Crippen LogP contribution is 2.60. The molecule has 0 bridgehead atoms. The number of hydrogen-bond donors (Lipinski definition) is 0. The molecule has 1 aliphatic carbocycles. The molecule has 4 aromatic heterocycles. The second-order valence-electron chi connectivity index (χ2n) is 38.2. The molecule has 26 aromatic rings. The van der Waals surface area contributed by atoms with Crippen LogP contribution in [0.3, 0.4) is 0 Å². The van der Waals surface area contributed by atoms with E-state index in [0.717, 1.165) is 143 Å². The van der Waals surface area contributed by atoms with E-state index in [2.05, 4.69) is 539 Å². The minimum absolute atomic E-state index is 0.0443. The van der Waals surface area contributed by atoms with Gasteiger partial charge in [-0.2, -0.15) is 0 Å². The molecule has 0 spiro atoms.